The Labute approximate surface area is 132 Å². The number of aromatic nitrogens is 1. The maximum absolute atomic E-state index is 12.0. The third-order valence-corrected chi connectivity index (χ3v) is 5.86. The summed E-state index contributed by atoms with van der Waals surface area (Å²) in [6, 6.07) is 7.89. The zero-order chi connectivity index (χ0) is 14.7. The summed E-state index contributed by atoms with van der Waals surface area (Å²) in [4.78, 5) is 16.5. The molecule has 0 spiro atoms. The number of hydrogen-bond donors (Lipinski definition) is 2. The van der Waals surface area contributed by atoms with E-state index < -0.39 is 6.10 Å². The van der Waals surface area contributed by atoms with Crippen LogP contribution in [0.3, 0.4) is 0 Å². The normalized spacial score (nSPS) is 22.3. The van der Waals surface area contributed by atoms with Gasteiger partial charge in [-0.2, -0.15) is 0 Å². The van der Waals surface area contributed by atoms with E-state index in [9.17, 15) is 9.90 Å². The van der Waals surface area contributed by atoms with Crippen molar-refractivity contribution >= 4 is 39.2 Å². The number of thiazole rings is 1. The summed E-state index contributed by atoms with van der Waals surface area (Å²) >= 11 is 3.07. The first-order valence-corrected chi connectivity index (χ1v) is 8.98. The summed E-state index contributed by atoms with van der Waals surface area (Å²) in [6.45, 7) is 0. The molecule has 2 N–H and O–H groups in total. The molecule has 1 amide bonds. The zero-order valence-electron chi connectivity index (χ0n) is 11.6. The van der Waals surface area contributed by atoms with E-state index in [1.807, 2.05) is 24.3 Å². The molecule has 2 aromatic rings. The van der Waals surface area contributed by atoms with Crippen molar-refractivity contribution in [3.63, 3.8) is 0 Å². The monoisotopic (exact) mass is 322 g/mol. The van der Waals surface area contributed by atoms with Gasteiger partial charge in [-0.15, -0.1) is 11.3 Å². The van der Waals surface area contributed by atoms with Gasteiger partial charge in [0.05, 0.1) is 28.1 Å². The van der Waals surface area contributed by atoms with E-state index in [1.165, 1.54) is 11.8 Å². The van der Waals surface area contributed by atoms with Gasteiger partial charge < -0.3 is 10.4 Å². The fraction of sp³-hybridized carbons (Fsp3) is 0.467. The average Bonchev–Trinajstić information content (AvgIpc) is 2.90. The maximum Gasteiger partial charge on any atom is 0.230 e. The van der Waals surface area contributed by atoms with Crippen LogP contribution < -0.4 is 5.32 Å². The third-order valence-electron chi connectivity index (χ3n) is 3.68. The van der Waals surface area contributed by atoms with Gasteiger partial charge in [0.1, 0.15) is 0 Å². The van der Waals surface area contributed by atoms with Crippen LogP contribution in [0.2, 0.25) is 0 Å². The lowest BCUT2D eigenvalue weighted by Gasteiger charge is -2.28. The Morgan fingerprint density at radius 1 is 1.38 bits per heavy atom. The Morgan fingerprint density at radius 2 is 2.19 bits per heavy atom. The van der Waals surface area contributed by atoms with Crippen LogP contribution in [0.4, 0.5) is 0 Å². The van der Waals surface area contributed by atoms with Crippen molar-refractivity contribution in [2.24, 2.45) is 0 Å². The van der Waals surface area contributed by atoms with Crippen LogP contribution in [-0.4, -0.2) is 33.9 Å². The van der Waals surface area contributed by atoms with Crippen molar-refractivity contribution < 1.29 is 9.90 Å². The van der Waals surface area contributed by atoms with E-state index in [0.717, 1.165) is 40.2 Å². The fourth-order valence-electron chi connectivity index (χ4n) is 2.57. The molecule has 2 unspecified atom stereocenters. The van der Waals surface area contributed by atoms with Gasteiger partial charge in [0.25, 0.3) is 0 Å². The molecule has 1 heterocycles. The summed E-state index contributed by atoms with van der Waals surface area (Å²) in [5.41, 5.74) is 0.980. The average molecular weight is 322 g/mol. The summed E-state index contributed by atoms with van der Waals surface area (Å²) < 4.78 is 2.05. The smallest absolute Gasteiger partial charge is 0.230 e. The number of carbonyl (C=O) groups is 1. The third kappa shape index (κ3) is 3.75. The molecule has 2 atom stereocenters. The molecule has 0 radical (unpaired) electrons. The highest BCUT2D eigenvalue weighted by Crippen LogP contribution is 2.29. The van der Waals surface area contributed by atoms with Gasteiger partial charge in [-0.1, -0.05) is 36.7 Å². The number of para-hydroxylation sites is 1. The van der Waals surface area contributed by atoms with Crippen LogP contribution in [-0.2, 0) is 4.79 Å². The predicted octanol–water partition coefficient (Wildman–Crippen LogP) is 2.81. The van der Waals surface area contributed by atoms with Gasteiger partial charge in [0.2, 0.25) is 5.91 Å². The van der Waals surface area contributed by atoms with Crippen LogP contribution in [0.5, 0.6) is 0 Å². The standard InChI is InChI=1S/C15H18N2O2S2/c18-12-7-3-1-5-10(12)16-14(19)9-20-15-17-11-6-2-4-8-13(11)21-15/h2,4,6,8,10,12,18H,1,3,5,7,9H2,(H,16,19). The summed E-state index contributed by atoms with van der Waals surface area (Å²) in [5, 5.41) is 12.8. The molecule has 0 saturated heterocycles. The molecule has 1 aliphatic carbocycles. The first-order valence-electron chi connectivity index (χ1n) is 7.18. The topological polar surface area (TPSA) is 62.2 Å². The highest BCUT2D eigenvalue weighted by Gasteiger charge is 2.24. The SMILES string of the molecule is O=C(CSc1nc2ccccc2s1)NC1CCCCC1O. The van der Waals surface area contributed by atoms with Gasteiger partial charge in [0.15, 0.2) is 4.34 Å². The number of thioether (sulfide) groups is 1. The fourth-order valence-corrected chi connectivity index (χ4v) is 4.45. The van der Waals surface area contributed by atoms with Crippen molar-refractivity contribution in [3.05, 3.63) is 24.3 Å². The number of hydrogen-bond acceptors (Lipinski definition) is 5. The number of aliphatic hydroxyl groups is 1. The summed E-state index contributed by atoms with van der Waals surface area (Å²) in [7, 11) is 0. The van der Waals surface area contributed by atoms with E-state index in [0.29, 0.717) is 5.75 Å². The lowest BCUT2D eigenvalue weighted by Crippen LogP contribution is -2.45. The molecule has 3 rings (SSSR count). The van der Waals surface area contributed by atoms with E-state index >= 15 is 0 Å². The van der Waals surface area contributed by atoms with Gasteiger partial charge >= 0.3 is 0 Å². The molecule has 1 fully saturated rings. The van der Waals surface area contributed by atoms with Gasteiger partial charge in [-0.05, 0) is 25.0 Å². The lowest BCUT2D eigenvalue weighted by molar-refractivity contribution is -0.120. The van der Waals surface area contributed by atoms with Gasteiger partial charge in [-0.3, -0.25) is 4.79 Å². The highest BCUT2D eigenvalue weighted by atomic mass is 32.2. The van der Waals surface area contributed by atoms with Crippen LogP contribution in [0.15, 0.2) is 28.6 Å². The predicted molar refractivity (Wildman–Crippen MR) is 86.7 cm³/mol. The van der Waals surface area contributed by atoms with Crippen molar-refractivity contribution in [2.75, 3.05) is 5.75 Å². The summed E-state index contributed by atoms with van der Waals surface area (Å²) in [6.07, 6.45) is 3.39. The molecular weight excluding hydrogens is 304 g/mol. The van der Waals surface area contributed by atoms with Crippen LogP contribution in [0.25, 0.3) is 10.2 Å². The minimum atomic E-state index is -0.393. The number of nitrogens with zero attached hydrogens (tertiary/aromatic N) is 1. The minimum Gasteiger partial charge on any atom is -0.391 e. The minimum absolute atomic E-state index is 0.0230. The van der Waals surface area contributed by atoms with Crippen molar-refractivity contribution in [1.82, 2.24) is 10.3 Å². The number of nitrogens with one attached hydrogen (secondary N) is 1. The number of rotatable bonds is 4. The van der Waals surface area contributed by atoms with Crippen LogP contribution in [0, 0.1) is 0 Å². The first kappa shape index (κ1) is 14.8. The molecule has 1 aromatic carbocycles. The van der Waals surface area contributed by atoms with Crippen LogP contribution in [0.1, 0.15) is 25.7 Å². The Hall–Kier alpha value is -1.11. The second kappa shape index (κ2) is 6.77. The molecule has 1 aliphatic rings. The van der Waals surface area contributed by atoms with Crippen molar-refractivity contribution in [3.8, 4) is 0 Å². The number of amides is 1. The number of aliphatic hydroxyl groups excluding tert-OH is 1. The summed E-state index contributed by atoms with van der Waals surface area (Å²) in [5.74, 6) is 0.327. The Balaban J connectivity index is 1.53. The number of fused-ring (bicyclic) bond motifs is 1. The lowest BCUT2D eigenvalue weighted by atomic mass is 9.93. The Morgan fingerprint density at radius 3 is 3.00 bits per heavy atom. The van der Waals surface area contributed by atoms with E-state index in [4.69, 9.17) is 0 Å². The van der Waals surface area contributed by atoms with Gasteiger partial charge in [0, 0.05) is 0 Å². The second-order valence-electron chi connectivity index (χ2n) is 5.26. The van der Waals surface area contributed by atoms with E-state index in [1.54, 1.807) is 11.3 Å². The largest absolute Gasteiger partial charge is 0.391 e. The molecule has 4 nitrogen and oxygen atoms in total. The first-order chi connectivity index (χ1) is 10.2. The molecular formula is C15H18N2O2S2. The van der Waals surface area contributed by atoms with E-state index in [-0.39, 0.29) is 11.9 Å². The zero-order valence-corrected chi connectivity index (χ0v) is 13.3. The number of benzene rings is 1. The maximum atomic E-state index is 12.0. The highest BCUT2D eigenvalue weighted by molar-refractivity contribution is 8.01. The molecule has 21 heavy (non-hydrogen) atoms. The molecule has 1 saturated carbocycles. The van der Waals surface area contributed by atoms with Crippen molar-refractivity contribution in [1.29, 1.82) is 0 Å². The van der Waals surface area contributed by atoms with Crippen molar-refractivity contribution in [2.45, 2.75) is 42.2 Å². The van der Waals surface area contributed by atoms with Crippen LogP contribution >= 0.6 is 23.1 Å². The molecule has 1 aromatic heterocycles. The quantitative estimate of drug-likeness (QED) is 0.850. The van der Waals surface area contributed by atoms with E-state index in [2.05, 4.69) is 10.3 Å². The number of carbonyl (C=O) groups excluding carboxylic acids is 1. The molecule has 0 aliphatic heterocycles. The molecule has 6 heteroatoms. The molecule has 0 bridgehead atoms. The Kier molecular flexibility index (Phi) is 4.77. The molecule has 112 valence electrons. The van der Waals surface area contributed by atoms with Gasteiger partial charge in [-0.25, -0.2) is 4.98 Å². The second-order valence-corrected chi connectivity index (χ2v) is 7.52. The Bertz CT molecular complexity index is 596.